The Hall–Kier alpha value is -3.76. The number of aryl methyl sites for hydroxylation is 1. The number of imidazole rings is 1. The maximum absolute atomic E-state index is 11.0. The Morgan fingerprint density at radius 2 is 1.85 bits per heavy atom. The number of rotatable bonds is 11. The number of anilines is 2. The summed E-state index contributed by atoms with van der Waals surface area (Å²) in [4.78, 5) is 17.7. The number of aromatic nitrogens is 8. The van der Waals surface area contributed by atoms with Gasteiger partial charge >= 0.3 is 0 Å². The molecule has 218 valence electrons. The smallest absolute Gasteiger partial charge is 0.226 e. The lowest BCUT2D eigenvalue weighted by Gasteiger charge is -2.26. The molecule has 2 saturated heterocycles. The Kier molecular flexibility index (Phi) is 8.29. The summed E-state index contributed by atoms with van der Waals surface area (Å²) in [7, 11) is 0. The first-order valence-electron chi connectivity index (χ1n) is 14.0. The van der Waals surface area contributed by atoms with Gasteiger partial charge in [-0.3, -0.25) is 9.47 Å². The summed E-state index contributed by atoms with van der Waals surface area (Å²) in [6.45, 7) is 7.75. The number of nitrogens with zero attached hydrogens (tertiary/aromatic N) is 9. The van der Waals surface area contributed by atoms with E-state index in [1.165, 1.54) is 10.4 Å². The van der Waals surface area contributed by atoms with Crippen molar-refractivity contribution in [2.24, 2.45) is 0 Å². The van der Waals surface area contributed by atoms with Crippen molar-refractivity contribution in [1.82, 2.24) is 44.6 Å². The fourth-order valence-corrected chi connectivity index (χ4v) is 5.03. The number of ether oxygens (including phenoxy) is 2. The first-order valence-corrected chi connectivity index (χ1v) is 14.0. The Balaban J connectivity index is 1.25. The fourth-order valence-electron chi connectivity index (χ4n) is 5.03. The third-order valence-corrected chi connectivity index (χ3v) is 7.30. The molecule has 1 aromatic carbocycles. The molecule has 15 nitrogen and oxygen atoms in total. The highest BCUT2D eigenvalue weighted by Crippen LogP contribution is 2.39. The van der Waals surface area contributed by atoms with Crippen LogP contribution in [0.15, 0.2) is 36.7 Å². The number of aliphatic hydroxyl groups excluding tert-OH is 2. The van der Waals surface area contributed by atoms with Gasteiger partial charge < -0.3 is 30.3 Å². The molecule has 3 aromatic heterocycles. The average Bonchev–Trinajstić information content (AvgIpc) is 3.72. The number of hydrogen-bond donors (Lipinski definition) is 4. The first kappa shape index (κ1) is 27.4. The quantitative estimate of drug-likeness (QED) is 0.195. The number of hydrogen-bond acceptors (Lipinski definition) is 13. The Bertz CT molecular complexity index is 1430. The van der Waals surface area contributed by atoms with E-state index in [4.69, 9.17) is 19.4 Å². The van der Waals surface area contributed by atoms with Crippen molar-refractivity contribution in [2.75, 3.05) is 56.6 Å². The van der Waals surface area contributed by atoms with Crippen LogP contribution < -0.4 is 10.6 Å². The third kappa shape index (κ3) is 5.99. The van der Waals surface area contributed by atoms with Gasteiger partial charge in [-0.05, 0) is 24.1 Å². The molecule has 0 saturated carbocycles. The zero-order chi connectivity index (χ0) is 28.2. The minimum Gasteiger partial charge on any atom is -0.387 e. The molecule has 4 N–H and O–H groups in total. The van der Waals surface area contributed by atoms with Gasteiger partial charge in [0.15, 0.2) is 29.3 Å². The lowest BCUT2D eigenvalue weighted by molar-refractivity contribution is -0.0384. The molecule has 0 radical (unpaired) electrons. The van der Waals surface area contributed by atoms with Crippen LogP contribution in [0.3, 0.4) is 0 Å². The highest BCUT2D eigenvalue weighted by molar-refractivity contribution is 5.84. The second-order valence-electron chi connectivity index (χ2n) is 10.0. The van der Waals surface area contributed by atoms with Gasteiger partial charge in [-0.1, -0.05) is 30.3 Å². The van der Waals surface area contributed by atoms with Gasteiger partial charge in [0.25, 0.3) is 0 Å². The van der Waals surface area contributed by atoms with E-state index in [0.717, 1.165) is 39.3 Å². The molecule has 0 spiro atoms. The van der Waals surface area contributed by atoms with Crippen molar-refractivity contribution >= 4 is 22.9 Å². The Morgan fingerprint density at radius 1 is 1.02 bits per heavy atom. The minimum atomic E-state index is -1.27. The molecule has 2 fully saturated rings. The van der Waals surface area contributed by atoms with Crippen LogP contribution >= 0.6 is 0 Å². The lowest BCUT2D eigenvalue weighted by Crippen LogP contribution is -2.39. The van der Waals surface area contributed by atoms with E-state index in [9.17, 15) is 10.2 Å². The van der Waals surface area contributed by atoms with E-state index in [-0.39, 0.29) is 5.82 Å². The van der Waals surface area contributed by atoms with E-state index in [0.29, 0.717) is 42.6 Å². The summed E-state index contributed by atoms with van der Waals surface area (Å²) in [6, 6.07) is 10.2. The topological polar surface area (TPSA) is 173 Å². The molecular weight excluding hydrogens is 530 g/mol. The van der Waals surface area contributed by atoms with Crippen LogP contribution in [0.4, 0.5) is 11.8 Å². The highest BCUT2D eigenvalue weighted by Gasteiger charge is 2.47. The average molecular weight is 566 g/mol. The second-order valence-corrected chi connectivity index (χ2v) is 10.0. The number of nitrogens with one attached hydrogen (secondary N) is 2. The summed E-state index contributed by atoms with van der Waals surface area (Å²) in [5, 5.41) is 40.7. The third-order valence-electron chi connectivity index (χ3n) is 7.30. The molecule has 15 heteroatoms. The molecule has 0 amide bonds. The minimum absolute atomic E-state index is 0.202. The molecule has 6 rings (SSSR count). The predicted molar refractivity (Wildman–Crippen MR) is 148 cm³/mol. The molecule has 4 aromatic rings. The zero-order valence-electron chi connectivity index (χ0n) is 22.9. The number of fused-ring (bicyclic) bond motifs is 1. The molecular formula is C26H35N11O4. The normalized spacial score (nSPS) is 23.3. The van der Waals surface area contributed by atoms with Crippen LogP contribution in [0.5, 0.6) is 0 Å². The summed E-state index contributed by atoms with van der Waals surface area (Å²) in [5.41, 5.74) is 2.19. The number of tetrazole rings is 1. The molecule has 4 atom stereocenters. The molecule has 0 aliphatic carbocycles. The lowest BCUT2D eigenvalue weighted by atomic mass is 10.1. The van der Waals surface area contributed by atoms with Crippen molar-refractivity contribution in [2.45, 2.75) is 44.4 Å². The zero-order valence-corrected chi connectivity index (χ0v) is 22.9. The highest BCUT2D eigenvalue weighted by atomic mass is 16.6. The fraction of sp³-hybridized carbons (Fsp3) is 0.538. The predicted octanol–water partition coefficient (Wildman–Crippen LogP) is 0.223. The number of aliphatic hydroxyl groups is 2. The van der Waals surface area contributed by atoms with Gasteiger partial charge in [0.05, 0.1) is 26.1 Å². The van der Waals surface area contributed by atoms with Crippen molar-refractivity contribution in [3.8, 4) is 0 Å². The molecule has 41 heavy (non-hydrogen) atoms. The summed E-state index contributed by atoms with van der Waals surface area (Å²) < 4.78 is 13.1. The van der Waals surface area contributed by atoms with E-state index < -0.39 is 24.5 Å². The van der Waals surface area contributed by atoms with Gasteiger partial charge in [-0.2, -0.15) is 14.8 Å². The van der Waals surface area contributed by atoms with Crippen LogP contribution in [0.2, 0.25) is 0 Å². The van der Waals surface area contributed by atoms with Crippen LogP contribution in [0.1, 0.15) is 30.6 Å². The van der Waals surface area contributed by atoms with E-state index in [2.05, 4.69) is 48.1 Å². The maximum Gasteiger partial charge on any atom is 0.226 e. The molecule has 2 aliphatic rings. The molecule has 0 bridgehead atoms. The largest absolute Gasteiger partial charge is 0.387 e. The summed E-state index contributed by atoms with van der Waals surface area (Å²) in [6.07, 6.45) is -2.11. The van der Waals surface area contributed by atoms with Crippen LogP contribution in [0.25, 0.3) is 11.2 Å². The number of morpholine rings is 1. The van der Waals surface area contributed by atoms with Crippen molar-refractivity contribution in [3.63, 3.8) is 0 Å². The molecule has 0 unspecified atom stereocenters. The standard InChI is InChI=1S/C26H35N11O4/c1-2-37-33-23(32-34-37)21-19(38)20(39)25(41-21)36-16-29-18-22(27-9-8-17-6-4-3-5-7-17)30-26(31-24(18)36)28-10-11-35-12-14-40-15-13-35/h3-7,16,19-21,25,38-39H,2,8-15H2,1H3,(H2,27,28,30,31)/t19-,20+,21-,25+/m0/s1. The van der Waals surface area contributed by atoms with E-state index in [1.54, 1.807) is 10.9 Å². The van der Waals surface area contributed by atoms with Crippen LogP contribution in [0, 0.1) is 0 Å². The van der Waals surface area contributed by atoms with Crippen LogP contribution in [-0.4, -0.2) is 113 Å². The monoisotopic (exact) mass is 565 g/mol. The molecule has 2 aliphatic heterocycles. The maximum atomic E-state index is 11.0. The van der Waals surface area contributed by atoms with Gasteiger partial charge in [0.1, 0.15) is 12.2 Å². The first-order chi connectivity index (χ1) is 20.1. The van der Waals surface area contributed by atoms with Gasteiger partial charge in [-0.15, -0.1) is 10.2 Å². The van der Waals surface area contributed by atoms with Gasteiger partial charge in [0.2, 0.25) is 11.8 Å². The van der Waals surface area contributed by atoms with Crippen molar-refractivity contribution < 1.29 is 19.7 Å². The van der Waals surface area contributed by atoms with Crippen LogP contribution in [-0.2, 0) is 22.4 Å². The van der Waals surface area contributed by atoms with E-state index in [1.807, 2.05) is 25.1 Å². The van der Waals surface area contributed by atoms with Gasteiger partial charge in [0, 0.05) is 32.7 Å². The van der Waals surface area contributed by atoms with Gasteiger partial charge in [-0.25, -0.2) is 4.98 Å². The summed E-state index contributed by atoms with van der Waals surface area (Å²) >= 11 is 0. The van der Waals surface area contributed by atoms with Crippen molar-refractivity contribution in [1.29, 1.82) is 0 Å². The van der Waals surface area contributed by atoms with Crippen molar-refractivity contribution in [3.05, 3.63) is 48.0 Å². The Morgan fingerprint density at radius 3 is 2.63 bits per heavy atom. The number of benzene rings is 1. The second kappa shape index (κ2) is 12.4. The molecule has 5 heterocycles. The SMILES string of the molecule is CCn1nnc([C@H]2O[C@@H](n3cnc4c(NCCc5ccccc5)nc(NCCN5CCOCC5)nc43)[C@H](O)[C@@H]2O)n1. The van der Waals surface area contributed by atoms with E-state index >= 15 is 0 Å². The Labute approximate surface area is 236 Å². The summed E-state index contributed by atoms with van der Waals surface area (Å²) in [5.74, 6) is 1.19.